The molecule has 1 aromatic rings. The van der Waals surface area contributed by atoms with E-state index in [4.69, 9.17) is 22.1 Å². The third kappa shape index (κ3) is 5.36. The average Bonchev–Trinajstić information content (AvgIpc) is 2.29. The van der Waals surface area contributed by atoms with Gasteiger partial charge in [-0.1, -0.05) is 17.7 Å². The summed E-state index contributed by atoms with van der Waals surface area (Å²) in [7, 11) is 0. The van der Waals surface area contributed by atoms with Crippen LogP contribution in [0.15, 0.2) is 18.2 Å². The predicted octanol–water partition coefficient (Wildman–Crippen LogP) is 3.07. The molecule has 4 N–H and O–H groups in total. The number of nitrogens with one attached hydrogen (secondary N) is 1. The lowest BCUT2D eigenvalue weighted by Gasteiger charge is -2.20. The van der Waals surface area contributed by atoms with E-state index in [1.54, 1.807) is 39.0 Å². The first-order valence-electron chi connectivity index (χ1n) is 6.40. The number of carbonyl (C=O) groups is 1. The summed E-state index contributed by atoms with van der Waals surface area (Å²) in [4.78, 5) is 11.7. The molecule has 5 nitrogen and oxygen atoms in total. The van der Waals surface area contributed by atoms with Crippen LogP contribution in [0, 0.1) is 0 Å². The van der Waals surface area contributed by atoms with Crippen molar-refractivity contribution in [2.75, 3.05) is 11.9 Å². The predicted molar refractivity (Wildman–Crippen MR) is 79.9 cm³/mol. The Morgan fingerprint density at radius 2 is 2.15 bits per heavy atom. The van der Waals surface area contributed by atoms with Gasteiger partial charge in [0.1, 0.15) is 5.60 Å². The van der Waals surface area contributed by atoms with E-state index in [1.165, 1.54) is 0 Å². The van der Waals surface area contributed by atoms with E-state index >= 15 is 0 Å². The van der Waals surface area contributed by atoms with E-state index in [9.17, 15) is 9.90 Å². The topological polar surface area (TPSA) is 84.6 Å². The number of aliphatic hydroxyl groups excluding tert-OH is 1. The van der Waals surface area contributed by atoms with Gasteiger partial charge in [-0.05, 0) is 51.4 Å². The molecule has 0 spiro atoms. The van der Waals surface area contributed by atoms with Crippen molar-refractivity contribution in [2.45, 2.75) is 38.9 Å². The van der Waals surface area contributed by atoms with Crippen LogP contribution in [-0.4, -0.2) is 23.3 Å². The van der Waals surface area contributed by atoms with Crippen LogP contribution in [0.2, 0.25) is 5.02 Å². The zero-order valence-electron chi connectivity index (χ0n) is 11.9. The first-order valence-corrected chi connectivity index (χ1v) is 6.78. The number of nitrogens with two attached hydrogens (primary N) is 1. The summed E-state index contributed by atoms with van der Waals surface area (Å²) in [6.07, 6.45) is -0.839. The first-order chi connectivity index (χ1) is 9.23. The Bertz CT molecular complexity index is 472. The second kappa shape index (κ2) is 6.92. The zero-order chi connectivity index (χ0) is 15.3. The van der Waals surface area contributed by atoms with Gasteiger partial charge in [-0.2, -0.15) is 0 Å². The molecule has 0 fully saturated rings. The molecule has 0 aliphatic heterocycles. The van der Waals surface area contributed by atoms with Crippen LogP contribution in [0.5, 0.6) is 0 Å². The van der Waals surface area contributed by atoms with Crippen LogP contribution in [-0.2, 0) is 4.74 Å². The number of halogens is 1. The van der Waals surface area contributed by atoms with Gasteiger partial charge < -0.3 is 15.6 Å². The highest BCUT2D eigenvalue weighted by molar-refractivity contribution is 6.33. The van der Waals surface area contributed by atoms with Gasteiger partial charge in [0, 0.05) is 0 Å². The zero-order valence-corrected chi connectivity index (χ0v) is 12.7. The molecular formula is C14H21ClN2O3. The summed E-state index contributed by atoms with van der Waals surface area (Å²) in [5, 5.41) is 12.8. The maximum absolute atomic E-state index is 11.7. The minimum Gasteiger partial charge on any atom is -0.444 e. The van der Waals surface area contributed by atoms with Crippen molar-refractivity contribution in [1.29, 1.82) is 0 Å². The van der Waals surface area contributed by atoms with E-state index in [-0.39, 0.29) is 0 Å². The minimum atomic E-state index is -0.684. The van der Waals surface area contributed by atoms with Crippen molar-refractivity contribution in [2.24, 2.45) is 5.73 Å². The molecule has 1 atom stereocenters. The smallest absolute Gasteiger partial charge is 0.412 e. The van der Waals surface area contributed by atoms with Crippen LogP contribution in [0.25, 0.3) is 0 Å². The van der Waals surface area contributed by atoms with Crippen LogP contribution in [0.1, 0.15) is 38.9 Å². The Morgan fingerprint density at radius 3 is 2.70 bits per heavy atom. The highest BCUT2D eigenvalue weighted by atomic mass is 35.5. The van der Waals surface area contributed by atoms with Gasteiger partial charge in [0.15, 0.2) is 0 Å². The molecule has 0 aromatic heterocycles. The van der Waals surface area contributed by atoms with Gasteiger partial charge in [-0.3, -0.25) is 5.32 Å². The molecule has 0 unspecified atom stereocenters. The first kappa shape index (κ1) is 16.8. The number of hydrogen-bond acceptors (Lipinski definition) is 4. The van der Waals surface area contributed by atoms with Crippen molar-refractivity contribution >= 4 is 23.4 Å². The van der Waals surface area contributed by atoms with E-state index in [0.717, 1.165) is 0 Å². The van der Waals surface area contributed by atoms with Gasteiger partial charge in [0.05, 0.1) is 16.8 Å². The largest absolute Gasteiger partial charge is 0.444 e. The van der Waals surface area contributed by atoms with Crippen LogP contribution in [0.3, 0.4) is 0 Å². The summed E-state index contributed by atoms with van der Waals surface area (Å²) in [6, 6.07) is 4.93. The fourth-order valence-electron chi connectivity index (χ4n) is 1.58. The van der Waals surface area contributed by atoms with Gasteiger partial charge in [0.2, 0.25) is 0 Å². The Kier molecular flexibility index (Phi) is 5.80. The van der Waals surface area contributed by atoms with Crippen LogP contribution in [0.4, 0.5) is 10.5 Å². The lowest BCUT2D eigenvalue weighted by atomic mass is 10.1. The summed E-state index contributed by atoms with van der Waals surface area (Å²) < 4.78 is 5.15. The number of carbonyl (C=O) groups excluding carboxylic acids is 1. The lowest BCUT2D eigenvalue weighted by Crippen LogP contribution is -2.27. The van der Waals surface area contributed by atoms with Crippen molar-refractivity contribution in [1.82, 2.24) is 0 Å². The standard InChI is InChI=1S/C14H21ClN2O3/c1-14(2,3)20-13(19)17-11-8-9(4-5-10(11)15)12(18)6-7-16/h4-5,8,12,18H,6-7,16H2,1-3H3,(H,17,19)/t12-/m1/s1. The SMILES string of the molecule is CC(C)(C)OC(=O)Nc1cc([C@H](O)CCN)ccc1Cl. The van der Waals surface area contributed by atoms with Crippen molar-refractivity contribution in [3.8, 4) is 0 Å². The van der Waals surface area contributed by atoms with E-state index < -0.39 is 17.8 Å². The fourth-order valence-corrected chi connectivity index (χ4v) is 1.75. The van der Waals surface area contributed by atoms with E-state index in [1.807, 2.05) is 0 Å². The second-order valence-corrected chi connectivity index (χ2v) is 5.87. The number of hydrogen-bond donors (Lipinski definition) is 3. The Morgan fingerprint density at radius 1 is 1.50 bits per heavy atom. The number of benzene rings is 1. The van der Waals surface area contributed by atoms with E-state index in [2.05, 4.69) is 5.32 Å². The number of rotatable bonds is 4. The van der Waals surface area contributed by atoms with Gasteiger partial charge in [-0.25, -0.2) is 4.79 Å². The third-order valence-corrected chi connectivity index (χ3v) is 2.78. The van der Waals surface area contributed by atoms with Crippen LogP contribution < -0.4 is 11.1 Å². The summed E-state index contributed by atoms with van der Waals surface area (Å²) in [6.45, 7) is 5.69. The normalized spacial score (nSPS) is 12.9. The molecule has 0 aliphatic rings. The summed E-state index contributed by atoms with van der Waals surface area (Å²) in [5.74, 6) is 0. The molecule has 6 heteroatoms. The molecule has 1 rings (SSSR count). The number of amides is 1. The Hall–Kier alpha value is -1.30. The van der Waals surface area contributed by atoms with E-state index in [0.29, 0.717) is 29.2 Å². The molecule has 20 heavy (non-hydrogen) atoms. The monoisotopic (exact) mass is 300 g/mol. The van der Waals surface area contributed by atoms with Gasteiger partial charge >= 0.3 is 6.09 Å². The number of ether oxygens (including phenoxy) is 1. The molecular weight excluding hydrogens is 280 g/mol. The maximum atomic E-state index is 11.7. The van der Waals surface area contributed by atoms with Gasteiger partial charge in [-0.15, -0.1) is 0 Å². The quantitative estimate of drug-likeness (QED) is 0.798. The molecule has 0 saturated heterocycles. The Labute approximate surface area is 124 Å². The molecule has 112 valence electrons. The molecule has 0 radical (unpaired) electrons. The Balaban J connectivity index is 2.84. The van der Waals surface area contributed by atoms with Crippen molar-refractivity contribution in [3.05, 3.63) is 28.8 Å². The molecule has 1 aromatic carbocycles. The second-order valence-electron chi connectivity index (χ2n) is 5.46. The van der Waals surface area contributed by atoms with Crippen molar-refractivity contribution in [3.63, 3.8) is 0 Å². The summed E-state index contributed by atoms with van der Waals surface area (Å²) >= 11 is 6.02. The molecule has 1 amide bonds. The molecule has 0 bridgehead atoms. The van der Waals surface area contributed by atoms with Gasteiger partial charge in [0.25, 0.3) is 0 Å². The highest BCUT2D eigenvalue weighted by Crippen LogP contribution is 2.27. The number of anilines is 1. The summed E-state index contributed by atoms with van der Waals surface area (Å²) in [5.41, 5.74) is 5.86. The third-order valence-electron chi connectivity index (χ3n) is 2.45. The van der Waals surface area contributed by atoms with Crippen LogP contribution >= 0.6 is 11.6 Å². The van der Waals surface area contributed by atoms with Crippen molar-refractivity contribution < 1.29 is 14.6 Å². The average molecular weight is 301 g/mol. The highest BCUT2D eigenvalue weighted by Gasteiger charge is 2.17. The number of aliphatic hydroxyl groups is 1. The fraction of sp³-hybridized carbons (Fsp3) is 0.500. The lowest BCUT2D eigenvalue weighted by molar-refractivity contribution is 0.0636. The molecule has 0 aliphatic carbocycles. The maximum Gasteiger partial charge on any atom is 0.412 e. The molecule has 0 heterocycles. The molecule has 0 saturated carbocycles. The minimum absolute atomic E-state index is 0.374.